The maximum absolute atomic E-state index is 12.9. The van der Waals surface area contributed by atoms with Crippen LogP contribution >= 0.6 is 23.2 Å². The molecule has 0 aromatic heterocycles. The number of non-ortho nitro benzene ring substituents is 2. The van der Waals surface area contributed by atoms with Gasteiger partial charge in [0.05, 0.1) is 19.9 Å². The van der Waals surface area contributed by atoms with E-state index in [4.69, 9.17) is 23.2 Å². The molecule has 144 valence electrons. The van der Waals surface area contributed by atoms with E-state index >= 15 is 0 Å². The third-order valence-electron chi connectivity index (χ3n) is 3.17. The zero-order valence-electron chi connectivity index (χ0n) is 13.9. The number of nitro groups is 2. The highest BCUT2D eigenvalue weighted by molar-refractivity contribution is 6.34. The average Bonchev–Trinajstić information content (AvgIpc) is 2.54. The molecule has 0 N–H and O–H groups in total. The van der Waals surface area contributed by atoms with Gasteiger partial charge in [0.1, 0.15) is 0 Å². The number of rotatable bonds is 4. The van der Waals surface area contributed by atoms with Gasteiger partial charge in [-0.25, -0.2) is 8.78 Å². The van der Waals surface area contributed by atoms with Crippen molar-refractivity contribution in [2.45, 2.75) is 19.8 Å². The zero-order valence-corrected chi connectivity index (χ0v) is 15.4. The number of alkyl halides is 2. The molecule has 11 heteroatoms. The Bertz CT molecular complexity index is 901. The molecule has 7 nitrogen and oxygen atoms in total. The summed E-state index contributed by atoms with van der Waals surface area (Å²) in [5, 5.41) is 20.7. The Labute approximate surface area is 161 Å². The Morgan fingerprint density at radius 2 is 1.41 bits per heavy atom. The molecule has 0 aliphatic heterocycles. The Morgan fingerprint density at radius 1 is 0.963 bits per heavy atom. The molecule has 0 atom stereocenters. The van der Waals surface area contributed by atoms with E-state index in [1.807, 2.05) is 0 Å². The molecule has 2 rings (SSSR count). The minimum atomic E-state index is -3.18. The Morgan fingerprint density at radius 3 is 1.81 bits per heavy atom. The van der Waals surface area contributed by atoms with Crippen molar-refractivity contribution in [3.63, 3.8) is 0 Å². The van der Waals surface area contributed by atoms with Gasteiger partial charge in [-0.05, 0) is 19.1 Å². The molecule has 0 aliphatic rings. The highest BCUT2D eigenvalue weighted by Gasteiger charge is 2.29. The lowest BCUT2D eigenvalue weighted by Crippen LogP contribution is -2.08. The first-order valence-electron chi connectivity index (χ1n) is 7.11. The molecule has 0 aliphatic carbocycles. The quantitative estimate of drug-likeness (QED) is 0.352. The first-order valence-corrected chi connectivity index (χ1v) is 7.87. The zero-order chi connectivity index (χ0) is 20.9. The molecule has 2 aromatic carbocycles. The van der Waals surface area contributed by atoms with Gasteiger partial charge in [0.25, 0.3) is 17.3 Å². The molecule has 0 heterocycles. The third-order valence-corrected chi connectivity index (χ3v) is 3.83. The van der Waals surface area contributed by atoms with E-state index in [0.717, 1.165) is 18.2 Å². The van der Waals surface area contributed by atoms with Gasteiger partial charge in [0.15, 0.2) is 5.78 Å². The number of ketones is 1. The van der Waals surface area contributed by atoms with Crippen LogP contribution in [0, 0.1) is 20.2 Å². The molecule has 0 saturated heterocycles. The van der Waals surface area contributed by atoms with E-state index in [9.17, 15) is 33.8 Å². The Kier molecular flexibility index (Phi) is 7.32. The van der Waals surface area contributed by atoms with Gasteiger partial charge in [-0.2, -0.15) is 0 Å². The summed E-state index contributed by atoms with van der Waals surface area (Å²) in [4.78, 5) is 30.3. The van der Waals surface area contributed by atoms with Crippen LogP contribution in [0.2, 0.25) is 10.0 Å². The van der Waals surface area contributed by atoms with Gasteiger partial charge < -0.3 is 0 Å². The van der Waals surface area contributed by atoms with Crippen LogP contribution in [0.1, 0.15) is 29.8 Å². The lowest BCUT2D eigenvalue weighted by molar-refractivity contribution is -0.385. The largest absolute Gasteiger partial charge is 0.294 e. The van der Waals surface area contributed by atoms with Gasteiger partial charge in [-0.15, -0.1) is 0 Å². The number of nitrogens with zero attached hydrogens (tertiary/aromatic N) is 2. The van der Waals surface area contributed by atoms with Crippen molar-refractivity contribution in [2.24, 2.45) is 0 Å². The lowest BCUT2D eigenvalue weighted by Gasteiger charge is -2.11. The van der Waals surface area contributed by atoms with E-state index in [-0.39, 0.29) is 27.1 Å². The van der Waals surface area contributed by atoms with Crippen molar-refractivity contribution < 1.29 is 23.4 Å². The standard InChI is InChI=1S/C8H6ClF2NO2.C8H6ClNO3/c1-8(10,11)6-4-5(12(13)14)2-3-7(6)9;1-5(11)7-4-6(10(12)13)2-3-8(7)9/h2-4H,1H3;2-4H,1H3. The molecule has 0 amide bonds. The van der Waals surface area contributed by atoms with Crippen molar-refractivity contribution >= 4 is 40.4 Å². The van der Waals surface area contributed by atoms with E-state index in [2.05, 4.69) is 0 Å². The van der Waals surface area contributed by atoms with Gasteiger partial charge in [-0.3, -0.25) is 25.0 Å². The summed E-state index contributed by atoms with van der Waals surface area (Å²) in [5.74, 6) is -3.46. The van der Waals surface area contributed by atoms with E-state index < -0.39 is 27.0 Å². The minimum absolute atomic E-state index is 0.130. The highest BCUT2D eigenvalue weighted by atomic mass is 35.5. The van der Waals surface area contributed by atoms with Crippen molar-refractivity contribution in [2.75, 3.05) is 0 Å². The van der Waals surface area contributed by atoms with Gasteiger partial charge in [-0.1, -0.05) is 23.2 Å². The number of Topliss-reactive ketones (excluding diaryl/α,β-unsaturated/α-hetero) is 1. The molecular weight excluding hydrogens is 409 g/mol. The predicted molar refractivity (Wildman–Crippen MR) is 95.8 cm³/mol. The normalized spacial score (nSPS) is 10.6. The van der Waals surface area contributed by atoms with Crippen molar-refractivity contribution in [3.05, 3.63) is 77.8 Å². The fourth-order valence-electron chi connectivity index (χ4n) is 1.86. The van der Waals surface area contributed by atoms with Gasteiger partial charge in [0.2, 0.25) is 0 Å². The predicted octanol–water partition coefficient (Wildman–Crippen LogP) is 5.81. The number of hydrogen-bond acceptors (Lipinski definition) is 5. The number of nitro benzene ring substituents is 2. The smallest absolute Gasteiger partial charge is 0.272 e. The molecule has 27 heavy (non-hydrogen) atoms. The summed E-state index contributed by atoms with van der Waals surface area (Å²) >= 11 is 11.1. The van der Waals surface area contributed by atoms with E-state index in [0.29, 0.717) is 6.92 Å². The number of hydrogen-bond donors (Lipinski definition) is 0. The summed E-state index contributed by atoms with van der Waals surface area (Å²) in [5.41, 5.74) is -0.884. The number of carbonyl (C=O) groups is 1. The second-order valence-corrected chi connectivity index (χ2v) is 6.10. The first kappa shape index (κ1) is 22.4. The maximum Gasteiger partial charge on any atom is 0.272 e. The maximum atomic E-state index is 12.9. The molecule has 2 aromatic rings. The molecule has 0 radical (unpaired) electrons. The Hall–Kier alpha value is -2.65. The van der Waals surface area contributed by atoms with Crippen LogP contribution in [0.3, 0.4) is 0 Å². The number of benzene rings is 2. The van der Waals surface area contributed by atoms with E-state index in [1.165, 1.54) is 25.1 Å². The molecule has 0 bridgehead atoms. The molecule has 0 spiro atoms. The average molecular weight is 421 g/mol. The first-order chi connectivity index (χ1) is 12.3. The minimum Gasteiger partial charge on any atom is -0.294 e. The monoisotopic (exact) mass is 420 g/mol. The lowest BCUT2D eigenvalue weighted by atomic mass is 10.1. The van der Waals surface area contributed by atoms with Crippen LogP contribution in [0.25, 0.3) is 0 Å². The van der Waals surface area contributed by atoms with Crippen LogP contribution in [-0.4, -0.2) is 15.6 Å². The number of halogens is 4. The van der Waals surface area contributed by atoms with Gasteiger partial charge in [0, 0.05) is 42.3 Å². The molecule has 0 unspecified atom stereocenters. The summed E-state index contributed by atoms with van der Waals surface area (Å²) in [6, 6.07) is 6.72. The van der Waals surface area contributed by atoms with Crippen LogP contribution in [0.4, 0.5) is 20.2 Å². The summed E-state index contributed by atoms with van der Waals surface area (Å²) in [7, 11) is 0. The molecular formula is C16H12Cl2F2N2O5. The molecule has 0 saturated carbocycles. The fraction of sp³-hybridized carbons (Fsp3) is 0.188. The van der Waals surface area contributed by atoms with Crippen LogP contribution in [0.15, 0.2) is 36.4 Å². The van der Waals surface area contributed by atoms with Crippen LogP contribution in [0.5, 0.6) is 0 Å². The van der Waals surface area contributed by atoms with Gasteiger partial charge >= 0.3 is 0 Å². The highest BCUT2D eigenvalue weighted by Crippen LogP contribution is 2.34. The summed E-state index contributed by atoms with van der Waals surface area (Å²) < 4.78 is 25.7. The van der Waals surface area contributed by atoms with E-state index in [1.54, 1.807) is 0 Å². The fourth-order valence-corrected chi connectivity index (χ4v) is 2.39. The van der Waals surface area contributed by atoms with Crippen LogP contribution in [-0.2, 0) is 5.92 Å². The topological polar surface area (TPSA) is 103 Å². The SMILES string of the molecule is CC(=O)c1cc([N+](=O)[O-])ccc1Cl.CC(F)(F)c1cc([N+](=O)[O-])ccc1Cl. The second kappa shape index (κ2) is 8.83. The van der Waals surface area contributed by atoms with Crippen LogP contribution < -0.4 is 0 Å². The number of carbonyl (C=O) groups excluding carboxylic acids is 1. The molecule has 0 fully saturated rings. The third kappa shape index (κ3) is 6.22. The summed E-state index contributed by atoms with van der Waals surface area (Å²) in [6.07, 6.45) is 0. The van der Waals surface area contributed by atoms with Crippen molar-refractivity contribution in [1.29, 1.82) is 0 Å². The Balaban J connectivity index is 0.000000271. The summed E-state index contributed by atoms with van der Waals surface area (Å²) in [6.45, 7) is 1.95. The second-order valence-electron chi connectivity index (χ2n) is 5.29. The van der Waals surface area contributed by atoms with Crippen molar-refractivity contribution in [3.8, 4) is 0 Å². The van der Waals surface area contributed by atoms with Crippen molar-refractivity contribution in [1.82, 2.24) is 0 Å².